The van der Waals surface area contributed by atoms with Crippen molar-refractivity contribution in [3.63, 3.8) is 0 Å². The first-order valence-corrected chi connectivity index (χ1v) is 10.2. The summed E-state index contributed by atoms with van der Waals surface area (Å²) in [5.41, 5.74) is 2.31. The topological polar surface area (TPSA) is 65.1 Å². The molecule has 0 unspecified atom stereocenters. The molecule has 6 heteroatoms. The van der Waals surface area contributed by atoms with E-state index in [-0.39, 0.29) is 11.9 Å². The Morgan fingerprint density at radius 1 is 1.10 bits per heavy atom. The Balaban J connectivity index is 1.70. The maximum atomic E-state index is 13.0. The Kier molecular flexibility index (Phi) is 6.65. The van der Waals surface area contributed by atoms with Gasteiger partial charge in [0.15, 0.2) is 17.6 Å². The number of rotatable bonds is 7. The van der Waals surface area contributed by atoms with Crippen LogP contribution in [0.2, 0.25) is 0 Å². The lowest BCUT2D eigenvalue weighted by atomic mass is 10.1. The van der Waals surface area contributed by atoms with Crippen LogP contribution in [0.1, 0.15) is 43.6 Å². The fourth-order valence-electron chi connectivity index (χ4n) is 3.55. The number of nitrogens with zero attached hydrogens (tertiary/aromatic N) is 1. The van der Waals surface area contributed by atoms with Crippen molar-refractivity contribution >= 4 is 17.6 Å². The number of amides is 1. The van der Waals surface area contributed by atoms with Crippen molar-refractivity contribution in [2.45, 2.75) is 46.3 Å². The third-order valence-corrected chi connectivity index (χ3v) is 5.05. The van der Waals surface area contributed by atoms with Gasteiger partial charge in [0, 0.05) is 11.7 Å². The molecule has 2 aromatic carbocycles. The van der Waals surface area contributed by atoms with Crippen molar-refractivity contribution in [1.29, 1.82) is 0 Å². The highest BCUT2D eigenvalue weighted by atomic mass is 16.5. The number of esters is 1. The number of hydrogen-bond acceptors (Lipinski definition) is 5. The van der Waals surface area contributed by atoms with Crippen molar-refractivity contribution in [3.8, 4) is 11.5 Å². The minimum atomic E-state index is -0.908. The van der Waals surface area contributed by atoms with E-state index in [0.717, 1.165) is 17.7 Å². The Labute approximate surface area is 177 Å². The molecule has 160 valence electrons. The highest BCUT2D eigenvalue weighted by molar-refractivity contribution is 6.01. The SMILES string of the molecule is COc1cc(C(=O)O[C@@H](C)C(=O)N2c3ccccc3C[C@@H]2C)ccc1OCC(C)C. The first-order chi connectivity index (χ1) is 14.3. The number of carbonyl (C=O) groups is 2. The van der Waals surface area contributed by atoms with Gasteiger partial charge in [-0.15, -0.1) is 0 Å². The molecule has 0 aromatic heterocycles. The molecular formula is C24H29NO5. The van der Waals surface area contributed by atoms with E-state index in [1.54, 1.807) is 30.0 Å². The van der Waals surface area contributed by atoms with Crippen LogP contribution in [0.3, 0.4) is 0 Å². The van der Waals surface area contributed by atoms with Crippen LogP contribution in [0.4, 0.5) is 5.69 Å². The molecule has 0 fully saturated rings. The first kappa shape index (κ1) is 21.7. The van der Waals surface area contributed by atoms with Crippen LogP contribution in [0.15, 0.2) is 42.5 Å². The minimum Gasteiger partial charge on any atom is -0.493 e. The number of anilines is 1. The monoisotopic (exact) mass is 411 g/mol. The van der Waals surface area contributed by atoms with E-state index < -0.39 is 12.1 Å². The zero-order chi connectivity index (χ0) is 21.8. The van der Waals surface area contributed by atoms with Crippen LogP contribution in [0, 0.1) is 5.92 Å². The van der Waals surface area contributed by atoms with Crippen molar-refractivity contribution in [3.05, 3.63) is 53.6 Å². The number of fused-ring (bicyclic) bond motifs is 1. The summed E-state index contributed by atoms with van der Waals surface area (Å²) < 4.78 is 16.6. The zero-order valence-corrected chi connectivity index (χ0v) is 18.2. The maximum absolute atomic E-state index is 13.0. The van der Waals surface area contributed by atoms with E-state index in [2.05, 4.69) is 13.8 Å². The van der Waals surface area contributed by atoms with Gasteiger partial charge in [-0.2, -0.15) is 0 Å². The van der Waals surface area contributed by atoms with Gasteiger partial charge in [0.1, 0.15) is 0 Å². The van der Waals surface area contributed by atoms with Crippen molar-refractivity contribution in [2.24, 2.45) is 5.92 Å². The largest absolute Gasteiger partial charge is 0.493 e. The summed E-state index contributed by atoms with van der Waals surface area (Å²) in [4.78, 5) is 27.4. The standard InChI is InChI=1S/C24H29NO5/c1-15(2)14-29-21-11-10-19(13-22(21)28-5)24(27)30-17(4)23(26)25-16(3)12-18-8-6-7-9-20(18)25/h6-11,13,15-17H,12,14H2,1-5H3/t16-,17-/m0/s1. The molecule has 0 spiro atoms. The molecule has 2 aromatic rings. The number of hydrogen-bond donors (Lipinski definition) is 0. The molecule has 2 atom stereocenters. The predicted octanol–water partition coefficient (Wildman–Crippen LogP) is 4.25. The number of carbonyl (C=O) groups excluding carboxylic acids is 2. The van der Waals surface area contributed by atoms with Gasteiger partial charge in [-0.05, 0) is 56.0 Å². The molecule has 6 nitrogen and oxygen atoms in total. The molecule has 0 N–H and O–H groups in total. The molecule has 0 saturated carbocycles. The average molecular weight is 411 g/mol. The fraction of sp³-hybridized carbons (Fsp3) is 0.417. The van der Waals surface area contributed by atoms with Crippen molar-refractivity contribution < 1.29 is 23.8 Å². The van der Waals surface area contributed by atoms with E-state index in [0.29, 0.717) is 29.6 Å². The number of methoxy groups -OCH3 is 1. The summed E-state index contributed by atoms with van der Waals surface area (Å²) in [5.74, 6) is 0.569. The summed E-state index contributed by atoms with van der Waals surface area (Å²) in [7, 11) is 1.52. The summed E-state index contributed by atoms with van der Waals surface area (Å²) in [5, 5.41) is 0. The van der Waals surface area contributed by atoms with Crippen LogP contribution in [0.25, 0.3) is 0 Å². The Morgan fingerprint density at radius 3 is 2.53 bits per heavy atom. The summed E-state index contributed by atoms with van der Waals surface area (Å²) in [6.07, 6.45) is -0.119. The lowest BCUT2D eigenvalue weighted by Gasteiger charge is -2.26. The van der Waals surface area contributed by atoms with Crippen LogP contribution in [-0.2, 0) is 16.0 Å². The molecule has 0 aliphatic carbocycles. The van der Waals surface area contributed by atoms with Gasteiger partial charge in [0.05, 0.1) is 19.3 Å². The van der Waals surface area contributed by atoms with E-state index in [9.17, 15) is 9.59 Å². The second-order valence-electron chi connectivity index (χ2n) is 8.01. The zero-order valence-electron chi connectivity index (χ0n) is 18.2. The number of para-hydroxylation sites is 1. The van der Waals surface area contributed by atoms with Gasteiger partial charge in [0.25, 0.3) is 5.91 Å². The van der Waals surface area contributed by atoms with E-state index in [1.807, 2.05) is 31.2 Å². The minimum absolute atomic E-state index is 0.0218. The Hall–Kier alpha value is -3.02. The quantitative estimate of drug-likeness (QED) is 0.637. The lowest BCUT2D eigenvalue weighted by Crippen LogP contribution is -2.43. The second kappa shape index (κ2) is 9.20. The van der Waals surface area contributed by atoms with Gasteiger partial charge < -0.3 is 19.1 Å². The third-order valence-electron chi connectivity index (χ3n) is 5.05. The molecule has 0 saturated heterocycles. The predicted molar refractivity (Wildman–Crippen MR) is 115 cm³/mol. The molecule has 0 bridgehead atoms. The Bertz CT molecular complexity index is 924. The molecule has 1 aliphatic heterocycles. The van der Waals surface area contributed by atoms with Crippen LogP contribution in [0.5, 0.6) is 11.5 Å². The Morgan fingerprint density at radius 2 is 1.83 bits per heavy atom. The van der Waals surface area contributed by atoms with Crippen LogP contribution < -0.4 is 14.4 Å². The van der Waals surface area contributed by atoms with Gasteiger partial charge in [0.2, 0.25) is 0 Å². The molecule has 3 rings (SSSR count). The van der Waals surface area contributed by atoms with E-state index in [1.165, 1.54) is 7.11 Å². The van der Waals surface area contributed by atoms with E-state index in [4.69, 9.17) is 14.2 Å². The molecular weight excluding hydrogens is 382 g/mol. The normalized spacial score (nSPS) is 16.2. The molecule has 0 radical (unpaired) electrons. The van der Waals surface area contributed by atoms with Crippen molar-refractivity contribution in [1.82, 2.24) is 0 Å². The average Bonchev–Trinajstić information content (AvgIpc) is 3.06. The van der Waals surface area contributed by atoms with Gasteiger partial charge in [-0.1, -0.05) is 32.0 Å². The lowest BCUT2D eigenvalue weighted by molar-refractivity contribution is -0.126. The fourth-order valence-corrected chi connectivity index (χ4v) is 3.55. The smallest absolute Gasteiger partial charge is 0.339 e. The number of ether oxygens (including phenoxy) is 3. The molecule has 1 aliphatic rings. The van der Waals surface area contributed by atoms with Gasteiger partial charge in [-0.3, -0.25) is 4.79 Å². The van der Waals surface area contributed by atoms with E-state index >= 15 is 0 Å². The number of benzene rings is 2. The second-order valence-corrected chi connectivity index (χ2v) is 8.01. The maximum Gasteiger partial charge on any atom is 0.339 e. The molecule has 1 heterocycles. The summed E-state index contributed by atoms with van der Waals surface area (Å²) in [6, 6.07) is 12.7. The van der Waals surface area contributed by atoms with Gasteiger partial charge >= 0.3 is 5.97 Å². The van der Waals surface area contributed by atoms with Crippen LogP contribution in [-0.4, -0.2) is 37.7 Å². The van der Waals surface area contributed by atoms with Crippen LogP contribution >= 0.6 is 0 Å². The summed E-state index contributed by atoms with van der Waals surface area (Å²) >= 11 is 0. The highest BCUT2D eigenvalue weighted by Crippen LogP contribution is 2.33. The molecule has 30 heavy (non-hydrogen) atoms. The third kappa shape index (κ3) is 4.58. The molecule has 1 amide bonds. The highest BCUT2D eigenvalue weighted by Gasteiger charge is 2.34. The van der Waals surface area contributed by atoms with Gasteiger partial charge in [-0.25, -0.2) is 4.79 Å². The first-order valence-electron chi connectivity index (χ1n) is 10.2. The van der Waals surface area contributed by atoms with Crippen molar-refractivity contribution in [2.75, 3.05) is 18.6 Å². The summed E-state index contributed by atoms with van der Waals surface area (Å²) in [6.45, 7) is 8.24.